The molecule has 1 aromatic carbocycles. The van der Waals surface area contributed by atoms with Gasteiger partial charge in [-0.15, -0.1) is 0 Å². The number of pyridine rings is 1. The van der Waals surface area contributed by atoms with Gasteiger partial charge >= 0.3 is 0 Å². The number of methoxy groups -OCH3 is 1. The van der Waals surface area contributed by atoms with Crippen molar-refractivity contribution in [2.75, 3.05) is 36.4 Å². The van der Waals surface area contributed by atoms with Crippen LogP contribution in [0.1, 0.15) is 13.3 Å². The van der Waals surface area contributed by atoms with Crippen LogP contribution in [0.4, 0.5) is 11.5 Å². The molecule has 6 nitrogen and oxygen atoms in total. The highest BCUT2D eigenvalue weighted by molar-refractivity contribution is 7.92. The van der Waals surface area contributed by atoms with Crippen molar-refractivity contribution in [3.63, 3.8) is 0 Å². The molecule has 0 aliphatic rings. The fourth-order valence-electron chi connectivity index (χ4n) is 2.28. The summed E-state index contributed by atoms with van der Waals surface area (Å²) < 4.78 is 32.0. The molecule has 0 unspecified atom stereocenters. The molecular weight excluding hydrogens is 326 g/mol. The number of anilines is 2. The van der Waals surface area contributed by atoms with E-state index in [-0.39, 0.29) is 4.90 Å². The zero-order valence-corrected chi connectivity index (χ0v) is 14.8. The average Bonchev–Trinajstić information content (AvgIpc) is 2.60. The Morgan fingerprint density at radius 1 is 1.17 bits per heavy atom. The van der Waals surface area contributed by atoms with Crippen LogP contribution >= 0.6 is 0 Å². The predicted octanol–water partition coefficient (Wildman–Crippen LogP) is 2.75. The third-order valence-electron chi connectivity index (χ3n) is 3.49. The fourth-order valence-corrected chi connectivity index (χ4v) is 3.70. The highest BCUT2D eigenvalue weighted by atomic mass is 32.2. The molecule has 7 heteroatoms. The molecule has 0 atom stereocenters. The molecular formula is C17H23N3O3S. The molecule has 0 aliphatic carbocycles. The summed E-state index contributed by atoms with van der Waals surface area (Å²) in [7, 11) is -1.97. The fraction of sp³-hybridized carbons (Fsp3) is 0.353. The number of nitrogens with one attached hydrogen (secondary N) is 1. The van der Waals surface area contributed by atoms with Crippen molar-refractivity contribution in [3.8, 4) is 0 Å². The van der Waals surface area contributed by atoms with Crippen molar-refractivity contribution < 1.29 is 13.2 Å². The first-order valence-electron chi connectivity index (χ1n) is 7.86. The zero-order valence-electron chi connectivity index (χ0n) is 14.0. The van der Waals surface area contributed by atoms with Crippen LogP contribution in [0.2, 0.25) is 0 Å². The minimum atomic E-state index is -3.63. The summed E-state index contributed by atoms with van der Waals surface area (Å²) in [5.41, 5.74) is 0.641. The van der Waals surface area contributed by atoms with E-state index in [9.17, 15) is 8.42 Å². The largest absolute Gasteiger partial charge is 0.385 e. The van der Waals surface area contributed by atoms with Crippen LogP contribution in [0.15, 0.2) is 53.6 Å². The molecule has 2 rings (SSSR count). The lowest BCUT2D eigenvalue weighted by molar-refractivity contribution is 0.198. The molecule has 0 aliphatic heterocycles. The minimum absolute atomic E-state index is 0.177. The second kappa shape index (κ2) is 8.65. The Balaban J connectivity index is 2.14. The maximum atomic E-state index is 12.8. The SMILES string of the molecule is CCN(c1ccccc1)S(=O)(=O)c1ccc(NCCCOC)nc1. The van der Waals surface area contributed by atoms with E-state index in [1.165, 1.54) is 10.5 Å². The van der Waals surface area contributed by atoms with E-state index in [0.29, 0.717) is 24.7 Å². The Labute approximate surface area is 143 Å². The van der Waals surface area contributed by atoms with Crippen molar-refractivity contribution >= 4 is 21.5 Å². The average molecular weight is 349 g/mol. The Morgan fingerprint density at radius 2 is 1.92 bits per heavy atom. The maximum absolute atomic E-state index is 12.8. The third kappa shape index (κ3) is 4.46. The number of ether oxygens (including phenoxy) is 1. The standard InChI is InChI=1S/C17H23N3O3S/c1-3-20(15-8-5-4-6-9-15)24(21,22)16-10-11-17(19-14-16)18-12-7-13-23-2/h4-6,8-11,14H,3,7,12-13H2,1-2H3,(H,18,19). The topological polar surface area (TPSA) is 71.5 Å². The van der Waals surface area contributed by atoms with E-state index in [4.69, 9.17) is 4.74 Å². The van der Waals surface area contributed by atoms with Crippen molar-refractivity contribution in [1.29, 1.82) is 0 Å². The molecule has 0 saturated heterocycles. The summed E-state index contributed by atoms with van der Waals surface area (Å²) in [6.07, 6.45) is 2.25. The monoisotopic (exact) mass is 349 g/mol. The molecule has 0 amide bonds. The molecule has 0 bridgehead atoms. The number of aromatic nitrogens is 1. The third-order valence-corrected chi connectivity index (χ3v) is 5.37. The number of benzene rings is 1. The predicted molar refractivity (Wildman–Crippen MR) is 95.9 cm³/mol. The number of rotatable bonds is 9. The number of hydrogen-bond donors (Lipinski definition) is 1. The van der Waals surface area contributed by atoms with Gasteiger partial charge in [0, 0.05) is 33.0 Å². The Morgan fingerprint density at radius 3 is 2.50 bits per heavy atom. The molecule has 1 aromatic heterocycles. The van der Waals surface area contributed by atoms with Gasteiger partial charge in [-0.1, -0.05) is 18.2 Å². The highest BCUT2D eigenvalue weighted by Gasteiger charge is 2.23. The molecule has 0 saturated carbocycles. The summed E-state index contributed by atoms with van der Waals surface area (Å²) in [5.74, 6) is 0.646. The van der Waals surface area contributed by atoms with Crippen LogP contribution in [-0.4, -0.2) is 40.2 Å². The van der Waals surface area contributed by atoms with Crippen LogP contribution in [0.5, 0.6) is 0 Å². The smallest absolute Gasteiger partial charge is 0.265 e. The molecule has 24 heavy (non-hydrogen) atoms. The summed E-state index contributed by atoms with van der Waals surface area (Å²) in [6.45, 7) is 3.55. The zero-order chi connectivity index (χ0) is 17.4. The van der Waals surface area contributed by atoms with Gasteiger partial charge in [0.2, 0.25) is 0 Å². The van der Waals surface area contributed by atoms with Gasteiger partial charge in [0.1, 0.15) is 10.7 Å². The Hall–Kier alpha value is -2.12. The number of para-hydroxylation sites is 1. The normalized spacial score (nSPS) is 11.2. The quantitative estimate of drug-likeness (QED) is 0.705. The van der Waals surface area contributed by atoms with Crippen molar-refractivity contribution in [1.82, 2.24) is 4.98 Å². The molecule has 1 heterocycles. The van der Waals surface area contributed by atoms with Gasteiger partial charge in [-0.3, -0.25) is 4.31 Å². The summed E-state index contributed by atoms with van der Waals surface area (Å²) in [6, 6.07) is 12.3. The second-order valence-corrected chi connectivity index (χ2v) is 7.02. The first kappa shape index (κ1) is 18.2. The van der Waals surface area contributed by atoms with Gasteiger partial charge in [0.05, 0.1) is 5.69 Å². The Kier molecular flexibility index (Phi) is 6.57. The van der Waals surface area contributed by atoms with E-state index >= 15 is 0 Å². The molecule has 0 radical (unpaired) electrons. The van der Waals surface area contributed by atoms with E-state index in [0.717, 1.165) is 13.0 Å². The van der Waals surface area contributed by atoms with Gasteiger partial charge in [0.25, 0.3) is 10.0 Å². The van der Waals surface area contributed by atoms with E-state index in [1.807, 2.05) is 25.1 Å². The Bertz CT molecular complexity index is 719. The maximum Gasteiger partial charge on any atom is 0.265 e. The minimum Gasteiger partial charge on any atom is -0.385 e. The number of sulfonamides is 1. The lowest BCUT2D eigenvalue weighted by Crippen LogP contribution is -2.30. The van der Waals surface area contributed by atoms with Crippen LogP contribution in [-0.2, 0) is 14.8 Å². The van der Waals surface area contributed by atoms with Gasteiger partial charge < -0.3 is 10.1 Å². The summed E-state index contributed by atoms with van der Waals surface area (Å²) >= 11 is 0. The van der Waals surface area contributed by atoms with Crippen LogP contribution in [0.25, 0.3) is 0 Å². The van der Waals surface area contributed by atoms with E-state index in [2.05, 4.69) is 10.3 Å². The summed E-state index contributed by atoms with van der Waals surface area (Å²) in [4.78, 5) is 4.37. The van der Waals surface area contributed by atoms with Gasteiger partial charge in [-0.05, 0) is 37.6 Å². The molecule has 1 N–H and O–H groups in total. The lowest BCUT2D eigenvalue weighted by Gasteiger charge is -2.22. The molecule has 0 fully saturated rings. The van der Waals surface area contributed by atoms with Crippen LogP contribution < -0.4 is 9.62 Å². The molecule has 0 spiro atoms. The first-order valence-corrected chi connectivity index (χ1v) is 9.30. The van der Waals surface area contributed by atoms with E-state index < -0.39 is 10.0 Å². The number of hydrogen-bond acceptors (Lipinski definition) is 5. The second-order valence-electron chi connectivity index (χ2n) is 5.16. The van der Waals surface area contributed by atoms with Gasteiger partial charge in [-0.25, -0.2) is 13.4 Å². The number of nitrogens with zero attached hydrogens (tertiary/aromatic N) is 2. The highest BCUT2D eigenvalue weighted by Crippen LogP contribution is 2.23. The van der Waals surface area contributed by atoms with Crippen LogP contribution in [0.3, 0.4) is 0 Å². The molecule has 130 valence electrons. The summed E-state index contributed by atoms with van der Waals surface area (Å²) in [5, 5.41) is 3.13. The van der Waals surface area contributed by atoms with Gasteiger partial charge in [0.15, 0.2) is 0 Å². The van der Waals surface area contributed by atoms with Crippen LogP contribution in [0, 0.1) is 0 Å². The van der Waals surface area contributed by atoms with Crippen molar-refractivity contribution in [2.24, 2.45) is 0 Å². The lowest BCUT2D eigenvalue weighted by atomic mass is 10.3. The van der Waals surface area contributed by atoms with Gasteiger partial charge in [-0.2, -0.15) is 0 Å². The van der Waals surface area contributed by atoms with Crippen molar-refractivity contribution in [3.05, 3.63) is 48.7 Å². The van der Waals surface area contributed by atoms with E-state index in [1.54, 1.807) is 31.4 Å². The van der Waals surface area contributed by atoms with Crippen molar-refractivity contribution in [2.45, 2.75) is 18.2 Å². The molecule has 2 aromatic rings. The first-order chi connectivity index (χ1) is 11.6.